The fourth-order valence-corrected chi connectivity index (χ4v) is 3.03. The number of aliphatic hydroxyl groups excluding tert-OH is 1. The Bertz CT molecular complexity index is 233. The molecule has 0 aliphatic carbocycles. The molecule has 1 radical (unpaired) electrons. The molecular weight excluding hydrogens is 214 g/mol. The van der Waals surface area contributed by atoms with Gasteiger partial charge in [-0.1, -0.05) is 0 Å². The number of piperazine rings is 1. The zero-order valence-corrected chi connectivity index (χ0v) is 11.3. The van der Waals surface area contributed by atoms with Gasteiger partial charge in [0, 0.05) is 26.2 Å². The molecule has 2 rings (SSSR count). The Labute approximate surface area is 105 Å². The van der Waals surface area contributed by atoms with E-state index in [-0.39, 0.29) is 0 Å². The molecule has 0 aromatic carbocycles. The molecule has 99 valence electrons. The van der Waals surface area contributed by atoms with Crippen LogP contribution in [0.5, 0.6) is 0 Å². The van der Waals surface area contributed by atoms with Crippen LogP contribution in [0.4, 0.5) is 0 Å². The van der Waals surface area contributed by atoms with Crippen LogP contribution in [0.2, 0.25) is 0 Å². The molecule has 2 aliphatic heterocycles. The lowest BCUT2D eigenvalue weighted by Crippen LogP contribution is -2.60. The summed E-state index contributed by atoms with van der Waals surface area (Å²) in [6, 6.07) is 0. The van der Waals surface area contributed by atoms with Crippen molar-refractivity contribution in [2.45, 2.75) is 25.4 Å². The summed E-state index contributed by atoms with van der Waals surface area (Å²) >= 11 is 0. The number of quaternary nitrogens is 1. The standard InChI is InChI=1S/C13H27N3O/c1-16(2)9-7-15(8-10-16)13-12(5-11-17)4-3-6-14-13/h12-13,17H,3-11H2,1-2H3/q+1. The molecule has 1 N–H and O–H groups in total. The van der Waals surface area contributed by atoms with Crippen LogP contribution in [0, 0.1) is 5.92 Å². The monoisotopic (exact) mass is 241 g/mol. The summed E-state index contributed by atoms with van der Waals surface area (Å²) in [6.45, 7) is 6.08. The quantitative estimate of drug-likeness (QED) is 0.712. The smallest absolute Gasteiger partial charge is 0.0912 e. The third-order valence-electron chi connectivity index (χ3n) is 4.33. The molecule has 17 heavy (non-hydrogen) atoms. The highest BCUT2D eigenvalue weighted by Gasteiger charge is 2.34. The molecular formula is C13H27N3O+. The van der Waals surface area contributed by atoms with Crippen molar-refractivity contribution >= 4 is 0 Å². The maximum Gasteiger partial charge on any atom is 0.0912 e. The summed E-state index contributed by atoms with van der Waals surface area (Å²) in [5.74, 6) is 0.586. The van der Waals surface area contributed by atoms with Crippen molar-refractivity contribution in [1.82, 2.24) is 10.2 Å². The maximum atomic E-state index is 9.15. The molecule has 0 aromatic rings. The molecule has 2 saturated heterocycles. The minimum atomic E-state index is 0.312. The summed E-state index contributed by atoms with van der Waals surface area (Å²) < 4.78 is 1.13. The Morgan fingerprint density at radius 2 is 2.00 bits per heavy atom. The second-order valence-electron chi connectivity index (χ2n) is 6.15. The molecule has 0 spiro atoms. The van der Waals surface area contributed by atoms with Gasteiger partial charge in [0.15, 0.2) is 0 Å². The fourth-order valence-electron chi connectivity index (χ4n) is 3.03. The van der Waals surface area contributed by atoms with Crippen LogP contribution in [0.15, 0.2) is 0 Å². The Kier molecular flexibility index (Phi) is 4.42. The average molecular weight is 241 g/mol. The van der Waals surface area contributed by atoms with E-state index >= 15 is 0 Å². The Hall–Kier alpha value is -0.160. The van der Waals surface area contributed by atoms with Gasteiger partial charge < -0.3 is 9.59 Å². The van der Waals surface area contributed by atoms with Gasteiger partial charge >= 0.3 is 0 Å². The molecule has 0 saturated carbocycles. The predicted molar refractivity (Wildman–Crippen MR) is 68.6 cm³/mol. The van der Waals surface area contributed by atoms with Crippen molar-refractivity contribution < 1.29 is 9.59 Å². The van der Waals surface area contributed by atoms with Crippen LogP contribution < -0.4 is 5.32 Å². The van der Waals surface area contributed by atoms with Crippen LogP contribution in [0.1, 0.15) is 19.3 Å². The van der Waals surface area contributed by atoms with Crippen LogP contribution in [-0.2, 0) is 0 Å². The van der Waals surface area contributed by atoms with Gasteiger partial charge in [0.25, 0.3) is 0 Å². The summed E-state index contributed by atoms with van der Waals surface area (Å²) in [4.78, 5) is 2.54. The van der Waals surface area contributed by atoms with Crippen molar-refractivity contribution in [3.63, 3.8) is 0 Å². The molecule has 0 aromatic heterocycles. The van der Waals surface area contributed by atoms with E-state index in [2.05, 4.69) is 19.0 Å². The Morgan fingerprint density at radius 3 is 2.65 bits per heavy atom. The number of nitrogens with zero attached hydrogens (tertiary/aromatic N) is 3. The third kappa shape index (κ3) is 3.41. The van der Waals surface area contributed by atoms with Gasteiger partial charge in [0.05, 0.1) is 33.4 Å². The Balaban J connectivity index is 1.91. The van der Waals surface area contributed by atoms with Crippen molar-refractivity contribution in [1.29, 1.82) is 0 Å². The summed E-state index contributed by atoms with van der Waals surface area (Å²) in [5, 5.41) is 14.0. The number of hydrogen-bond donors (Lipinski definition) is 1. The lowest BCUT2D eigenvalue weighted by atomic mass is 9.91. The molecule has 4 nitrogen and oxygen atoms in total. The molecule has 2 atom stereocenters. The van der Waals surface area contributed by atoms with Crippen LogP contribution in [-0.4, -0.2) is 74.1 Å². The van der Waals surface area contributed by atoms with Gasteiger partial charge in [-0.3, -0.25) is 4.90 Å². The summed E-state index contributed by atoms with van der Waals surface area (Å²) in [6.07, 6.45) is 3.75. The van der Waals surface area contributed by atoms with E-state index in [1.54, 1.807) is 0 Å². The first-order chi connectivity index (χ1) is 8.12. The zero-order valence-electron chi connectivity index (χ0n) is 11.3. The Morgan fingerprint density at radius 1 is 1.29 bits per heavy atom. The van der Waals surface area contributed by atoms with E-state index < -0.39 is 0 Å². The van der Waals surface area contributed by atoms with Crippen molar-refractivity contribution in [2.75, 3.05) is 53.4 Å². The highest BCUT2D eigenvalue weighted by atomic mass is 16.3. The van der Waals surface area contributed by atoms with E-state index in [9.17, 15) is 0 Å². The predicted octanol–water partition coefficient (Wildman–Crippen LogP) is 0.101. The number of piperidine rings is 1. The van der Waals surface area contributed by atoms with Gasteiger partial charge in [-0.05, 0) is 25.2 Å². The molecule has 2 aliphatic rings. The van der Waals surface area contributed by atoms with E-state index in [4.69, 9.17) is 10.4 Å². The van der Waals surface area contributed by atoms with Crippen molar-refractivity contribution in [3.8, 4) is 0 Å². The minimum absolute atomic E-state index is 0.312. The molecule has 2 heterocycles. The lowest BCUT2D eigenvalue weighted by molar-refractivity contribution is -0.894. The van der Waals surface area contributed by atoms with Crippen molar-refractivity contribution in [2.24, 2.45) is 5.92 Å². The molecule has 0 bridgehead atoms. The van der Waals surface area contributed by atoms with Crippen LogP contribution in [0.3, 0.4) is 0 Å². The van der Waals surface area contributed by atoms with Crippen molar-refractivity contribution in [3.05, 3.63) is 0 Å². The van der Waals surface area contributed by atoms with Gasteiger partial charge in [-0.25, -0.2) is 5.32 Å². The SMILES string of the molecule is C[N+]1(C)CCN(C2[N]CCCC2CCO)CC1. The minimum Gasteiger partial charge on any atom is -0.396 e. The van der Waals surface area contributed by atoms with E-state index in [1.807, 2.05) is 0 Å². The third-order valence-corrected chi connectivity index (χ3v) is 4.33. The maximum absolute atomic E-state index is 9.15. The molecule has 4 heteroatoms. The van der Waals surface area contributed by atoms with Gasteiger partial charge in [0.2, 0.25) is 0 Å². The molecule has 0 amide bonds. The van der Waals surface area contributed by atoms with E-state index in [1.165, 1.54) is 25.9 Å². The van der Waals surface area contributed by atoms with Gasteiger partial charge in [-0.15, -0.1) is 0 Å². The average Bonchev–Trinajstić information content (AvgIpc) is 2.31. The molecule has 2 fully saturated rings. The first-order valence-electron chi connectivity index (χ1n) is 6.96. The number of rotatable bonds is 3. The van der Waals surface area contributed by atoms with Crippen LogP contribution >= 0.6 is 0 Å². The van der Waals surface area contributed by atoms with E-state index in [0.29, 0.717) is 18.7 Å². The number of likely N-dealkylation sites (N-methyl/N-ethyl adjacent to an activating group) is 1. The highest BCUT2D eigenvalue weighted by Crippen LogP contribution is 2.25. The highest BCUT2D eigenvalue weighted by molar-refractivity contribution is 4.82. The largest absolute Gasteiger partial charge is 0.396 e. The topological polar surface area (TPSA) is 37.6 Å². The van der Waals surface area contributed by atoms with Gasteiger partial charge in [-0.2, -0.15) is 0 Å². The second-order valence-corrected chi connectivity index (χ2v) is 6.15. The fraction of sp³-hybridized carbons (Fsp3) is 1.00. The zero-order chi connectivity index (χ0) is 12.3. The number of aliphatic hydroxyl groups is 1. The lowest BCUT2D eigenvalue weighted by Gasteiger charge is -2.45. The summed E-state index contributed by atoms with van der Waals surface area (Å²) in [5.41, 5.74) is 0. The first kappa shape index (κ1) is 13.3. The molecule has 2 unspecified atom stereocenters. The van der Waals surface area contributed by atoms with Gasteiger partial charge in [0.1, 0.15) is 0 Å². The first-order valence-corrected chi connectivity index (χ1v) is 6.96. The van der Waals surface area contributed by atoms with E-state index in [0.717, 1.165) is 30.5 Å². The number of hydrogen-bond acceptors (Lipinski definition) is 2. The normalized spacial score (nSPS) is 34.8. The summed E-state index contributed by atoms with van der Waals surface area (Å²) in [7, 11) is 4.61. The second kappa shape index (κ2) is 5.65. The van der Waals surface area contributed by atoms with Crippen LogP contribution in [0.25, 0.3) is 0 Å².